The molecule has 0 aromatic carbocycles. The van der Waals surface area contributed by atoms with E-state index in [1.165, 1.54) is 0 Å². The first-order valence-corrected chi connectivity index (χ1v) is 6.54. The van der Waals surface area contributed by atoms with Gasteiger partial charge in [-0.15, -0.1) is 0 Å². The summed E-state index contributed by atoms with van der Waals surface area (Å²) in [6.45, 7) is 4.02. The van der Waals surface area contributed by atoms with Gasteiger partial charge in [0.15, 0.2) is 0 Å². The van der Waals surface area contributed by atoms with Crippen molar-refractivity contribution in [2.45, 2.75) is 19.9 Å². The van der Waals surface area contributed by atoms with Crippen LogP contribution in [-0.2, 0) is 4.79 Å². The Hall–Kier alpha value is -1.33. The SMILES string of the molecule is CC(CO)C(C)NC(=O)CN(C)c1ccc(Cl)cn1. The van der Waals surface area contributed by atoms with Gasteiger partial charge in [0.05, 0.1) is 11.6 Å². The summed E-state index contributed by atoms with van der Waals surface area (Å²) in [5, 5.41) is 12.4. The number of rotatable bonds is 6. The number of nitrogens with zero attached hydrogens (tertiary/aromatic N) is 2. The lowest BCUT2D eigenvalue weighted by atomic mass is 10.1. The largest absolute Gasteiger partial charge is 0.396 e. The number of hydrogen-bond acceptors (Lipinski definition) is 4. The van der Waals surface area contributed by atoms with Gasteiger partial charge in [0.25, 0.3) is 0 Å². The van der Waals surface area contributed by atoms with E-state index in [4.69, 9.17) is 16.7 Å². The second-order valence-corrected chi connectivity index (χ2v) is 5.14. The number of anilines is 1. The zero-order valence-corrected chi connectivity index (χ0v) is 12.2. The molecular formula is C13H20ClN3O2. The molecule has 0 bridgehead atoms. The molecule has 0 saturated carbocycles. The average molecular weight is 286 g/mol. The van der Waals surface area contributed by atoms with Gasteiger partial charge in [0.2, 0.25) is 5.91 Å². The molecule has 0 saturated heterocycles. The normalized spacial score (nSPS) is 13.7. The minimum atomic E-state index is -0.105. The average Bonchev–Trinajstić information content (AvgIpc) is 2.38. The Bertz CT molecular complexity index is 411. The van der Waals surface area contributed by atoms with E-state index in [2.05, 4.69) is 10.3 Å². The number of halogens is 1. The number of amides is 1. The molecule has 0 aliphatic carbocycles. The highest BCUT2D eigenvalue weighted by atomic mass is 35.5. The number of carbonyl (C=O) groups excluding carboxylic acids is 1. The van der Waals surface area contributed by atoms with Crippen molar-refractivity contribution in [3.05, 3.63) is 23.4 Å². The Labute approximate surface area is 118 Å². The van der Waals surface area contributed by atoms with Gasteiger partial charge < -0.3 is 15.3 Å². The quantitative estimate of drug-likeness (QED) is 0.827. The summed E-state index contributed by atoms with van der Waals surface area (Å²) >= 11 is 5.76. The number of aromatic nitrogens is 1. The molecule has 0 aliphatic heterocycles. The Morgan fingerprint density at radius 2 is 2.21 bits per heavy atom. The maximum Gasteiger partial charge on any atom is 0.239 e. The molecule has 0 spiro atoms. The molecule has 0 aliphatic rings. The molecule has 5 nitrogen and oxygen atoms in total. The van der Waals surface area contributed by atoms with Gasteiger partial charge in [-0.25, -0.2) is 4.98 Å². The topological polar surface area (TPSA) is 65.5 Å². The molecule has 2 atom stereocenters. The minimum Gasteiger partial charge on any atom is -0.396 e. The highest BCUT2D eigenvalue weighted by molar-refractivity contribution is 6.30. The third-order valence-corrected chi connectivity index (χ3v) is 3.24. The van der Waals surface area contributed by atoms with E-state index in [1.54, 1.807) is 30.3 Å². The molecule has 2 unspecified atom stereocenters. The monoisotopic (exact) mass is 285 g/mol. The van der Waals surface area contributed by atoms with Crippen LogP contribution in [-0.4, -0.2) is 42.2 Å². The van der Waals surface area contributed by atoms with Crippen molar-refractivity contribution >= 4 is 23.3 Å². The molecule has 0 radical (unpaired) electrons. The molecule has 1 aromatic heterocycles. The Balaban J connectivity index is 2.50. The van der Waals surface area contributed by atoms with E-state index < -0.39 is 0 Å². The molecule has 0 fully saturated rings. The van der Waals surface area contributed by atoms with Crippen LogP contribution >= 0.6 is 11.6 Å². The van der Waals surface area contributed by atoms with Crippen LogP contribution in [0.1, 0.15) is 13.8 Å². The van der Waals surface area contributed by atoms with Gasteiger partial charge in [-0.05, 0) is 25.0 Å². The first-order valence-electron chi connectivity index (χ1n) is 6.17. The zero-order chi connectivity index (χ0) is 14.4. The van der Waals surface area contributed by atoms with Gasteiger partial charge in [0, 0.05) is 25.9 Å². The van der Waals surface area contributed by atoms with Crippen LogP contribution in [0.2, 0.25) is 5.02 Å². The molecule has 1 amide bonds. The molecule has 1 rings (SSSR count). The van der Waals surface area contributed by atoms with Crippen LogP contribution in [0.5, 0.6) is 0 Å². The first kappa shape index (κ1) is 15.7. The number of carbonyl (C=O) groups is 1. The van der Waals surface area contributed by atoms with Gasteiger partial charge >= 0.3 is 0 Å². The summed E-state index contributed by atoms with van der Waals surface area (Å²) in [4.78, 5) is 17.7. The Morgan fingerprint density at radius 1 is 1.53 bits per heavy atom. The Morgan fingerprint density at radius 3 is 2.74 bits per heavy atom. The van der Waals surface area contributed by atoms with E-state index in [9.17, 15) is 4.79 Å². The van der Waals surface area contributed by atoms with Crippen molar-refractivity contribution in [3.63, 3.8) is 0 Å². The number of hydrogen-bond donors (Lipinski definition) is 2. The smallest absolute Gasteiger partial charge is 0.239 e. The van der Waals surface area contributed by atoms with Crippen molar-refractivity contribution in [2.24, 2.45) is 5.92 Å². The molecule has 19 heavy (non-hydrogen) atoms. The Kier molecular flexibility index (Phi) is 6.05. The van der Waals surface area contributed by atoms with E-state index in [-0.39, 0.29) is 31.0 Å². The maximum absolute atomic E-state index is 11.8. The van der Waals surface area contributed by atoms with Crippen LogP contribution in [0.4, 0.5) is 5.82 Å². The number of aliphatic hydroxyl groups excluding tert-OH is 1. The highest BCUT2D eigenvalue weighted by Crippen LogP contribution is 2.12. The fraction of sp³-hybridized carbons (Fsp3) is 0.538. The summed E-state index contributed by atoms with van der Waals surface area (Å²) in [5.41, 5.74) is 0. The van der Waals surface area contributed by atoms with Crippen LogP contribution in [0.15, 0.2) is 18.3 Å². The number of nitrogens with one attached hydrogen (secondary N) is 1. The third-order valence-electron chi connectivity index (χ3n) is 3.01. The summed E-state index contributed by atoms with van der Waals surface area (Å²) in [7, 11) is 1.79. The third kappa shape index (κ3) is 5.04. The van der Waals surface area contributed by atoms with E-state index in [0.29, 0.717) is 10.8 Å². The van der Waals surface area contributed by atoms with Gasteiger partial charge in [-0.1, -0.05) is 18.5 Å². The van der Waals surface area contributed by atoms with Crippen LogP contribution < -0.4 is 10.2 Å². The zero-order valence-electron chi connectivity index (χ0n) is 11.4. The van der Waals surface area contributed by atoms with Crippen molar-refractivity contribution < 1.29 is 9.90 Å². The van der Waals surface area contributed by atoms with Crippen molar-refractivity contribution in [2.75, 3.05) is 25.1 Å². The van der Waals surface area contributed by atoms with Gasteiger partial charge in [0.1, 0.15) is 5.82 Å². The van der Waals surface area contributed by atoms with E-state index in [1.807, 2.05) is 13.8 Å². The van der Waals surface area contributed by atoms with Gasteiger partial charge in [-0.2, -0.15) is 0 Å². The summed E-state index contributed by atoms with van der Waals surface area (Å²) in [5.74, 6) is 0.609. The molecule has 2 N–H and O–H groups in total. The lowest BCUT2D eigenvalue weighted by molar-refractivity contribution is -0.120. The van der Waals surface area contributed by atoms with Gasteiger partial charge in [-0.3, -0.25) is 4.79 Å². The lowest BCUT2D eigenvalue weighted by Gasteiger charge is -2.22. The predicted octanol–water partition coefficient (Wildman–Crippen LogP) is 1.30. The van der Waals surface area contributed by atoms with Crippen molar-refractivity contribution in [3.8, 4) is 0 Å². The summed E-state index contributed by atoms with van der Waals surface area (Å²) in [6, 6.07) is 3.42. The fourth-order valence-corrected chi connectivity index (χ4v) is 1.60. The second kappa shape index (κ2) is 7.31. The highest BCUT2D eigenvalue weighted by Gasteiger charge is 2.15. The fourth-order valence-electron chi connectivity index (χ4n) is 1.49. The van der Waals surface area contributed by atoms with Crippen LogP contribution in [0.3, 0.4) is 0 Å². The summed E-state index contributed by atoms with van der Waals surface area (Å²) < 4.78 is 0. The molecule has 1 heterocycles. The molecule has 106 valence electrons. The van der Waals surface area contributed by atoms with Crippen LogP contribution in [0, 0.1) is 5.92 Å². The predicted molar refractivity (Wildman–Crippen MR) is 76.4 cm³/mol. The van der Waals surface area contributed by atoms with E-state index >= 15 is 0 Å². The van der Waals surface area contributed by atoms with Crippen molar-refractivity contribution in [1.29, 1.82) is 0 Å². The first-order chi connectivity index (χ1) is 8.93. The number of likely N-dealkylation sites (N-methyl/N-ethyl adjacent to an activating group) is 1. The number of pyridine rings is 1. The van der Waals surface area contributed by atoms with E-state index in [0.717, 1.165) is 0 Å². The molecule has 6 heteroatoms. The maximum atomic E-state index is 11.8. The minimum absolute atomic E-state index is 0.0305. The van der Waals surface area contributed by atoms with Crippen LogP contribution in [0.25, 0.3) is 0 Å². The van der Waals surface area contributed by atoms with Crippen molar-refractivity contribution in [1.82, 2.24) is 10.3 Å². The second-order valence-electron chi connectivity index (χ2n) is 4.71. The molecular weight excluding hydrogens is 266 g/mol. The lowest BCUT2D eigenvalue weighted by Crippen LogP contribution is -2.43. The number of aliphatic hydroxyl groups is 1. The molecule has 1 aromatic rings. The standard InChI is InChI=1S/C13H20ClN3O2/c1-9(8-18)10(2)16-13(19)7-17(3)12-5-4-11(14)6-15-12/h4-6,9-10,18H,7-8H2,1-3H3,(H,16,19). The summed E-state index contributed by atoms with van der Waals surface area (Å²) in [6.07, 6.45) is 1.54.